The number of hydrogen-bond acceptors (Lipinski definition) is 16. The number of aryl methyl sites for hydroxylation is 3. The van der Waals surface area contributed by atoms with E-state index in [-0.39, 0.29) is 42.1 Å². The second-order valence-corrected chi connectivity index (χ2v) is 26.0. The number of aromatic nitrogens is 3. The van der Waals surface area contributed by atoms with Crippen molar-refractivity contribution >= 4 is 73.7 Å². The molecule has 6 aromatic rings. The number of hydrogen-bond donors (Lipinski definition) is 3. The predicted molar refractivity (Wildman–Crippen MR) is 342 cm³/mol. The minimum Gasteiger partial charge on any atom is -0.497 e. The van der Waals surface area contributed by atoms with Crippen molar-refractivity contribution < 1.29 is 56.4 Å². The number of anilines is 2. The molecule has 2 aromatic heterocycles. The van der Waals surface area contributed by atoms with Crippen LogP contribution in [0.3, 0.4) is 0 Å². The summed E-state index contributed by atoms with van der Waals surface area (Å²) >= 11 is 0. The Labute approximate surface area is 525 Å². The zero-order valence-electron chi connectivity index (χ0n) is 51.9. The Balaban J connectivity index is 0.696. The van der Waals surface area contributed by atoms with Gasteiger partial charge in [-0.25, -0.2) is 4.79 Å². The highest BCUT2D eigenvalue weighted by molar-refractivity contribution is 7.86. The molecule has 2 amide bonds. The molecule has 3 fully saturated rings. The van der Waals surface area contributed by atoms with Crippen molar-refractivity contribution in [1.82, 2.24) is 38.1 Å². The van der Waals surface area contributed by atoms with Crippen LogP contribution in [0, 0.1) is 18.8 Å². The van der Waals surface area contributed by atoms with Gasteiger partial charge in [0.15, 0.2) is 11.6 Å². The quantitative estimate of drug-likeness (QED) is 0.0329. The predicted octanol–water partition coefficient (Wildman–Crippen LogP) is 5.09. The molecule has 11 rings (SSSR count). The molecule has 478 valence electrons. The van der Waals surface area contributed by atoms with Gasteiger partial charge in [0.1, 0.15) is 23.8 Å². The number of carboxylic acids is 1. The van der Waals surface area contributed by atoms with E-state index in [1.807, 2.05) is 65.7 Å². The highest BCUT2D eigenvalue weighted by Crippen LogP contribution is 2.40. The Morgan fingerprint density at radius 1 is 0.756 bits per heavy atom. The molecule has 90 heavy (non-hydrogen) atoms. The standard InChI is InChI=1S/C67H82N10O12S/c1-45-59(56(72(4)70-45)44-89-48-23-21-47(22-24-48)75-34-36-76(37-35-75)90(84,85)71(2)3)52-16-8-15-50-51(18-10-40-88-57-20-7-13-46-12-5-6-14-49(46)57)63(67(82)83)77(62(50)52)38-33-74-31-29-73(30-32-74)28-11-39-86-42-43-87-41-27-68-55-19-9-17-53-60(55)65(80)61(64(53)79)54-25-26-58(78)69-66(54)81/h5-6,8-9,12-17,19,21-24,54,61,68H,7,10-11,18,20,25-44H2,1-4H3,(H,82,83)(H,69,78,81). The van der Waals surface area contributed by atoms with E-state index in [9.17, 15) is 37.5 Å². The second kappa shape index (κ2) is 28.6. The second-order valence-electron chi connectivity index (χ2n) is 23.9. The molecule has 0 saturated carbocycles. The van der Waals surface area contributed by atoms with Crippen molar-refractivity contribution in [2.45, 2.75) is 65.0 Å². The van der Waals surface area contributed by atoms with Gasteiger partial charge in [0.25, 0.3) is 10.2 Å². The molecule has 4 aromatic carbocycles. The summed E-state index contributed by atoms with van der Waals surface area (Å²) in [6.07, 6.45) is 6.22. The van der Waals surface area contributed by atoms with Gasteiger partial charge in [-0.1, -0.05) is 60.7 Å². The Kier molecular flexibility index (Phi) is 20.3. The highest BCUT2D eigenvalue weighted by Gasteiger charge is 2.48. The number of carboxylic acid groups (broad SMARTS) is 1. The molecule has 23 heteroatoms. The number of aromatic carboxylic acids is 1. The van der Waals surface area contributed by atoms with Gasteiger partial charge in [-0.3, -0.25) is 34.1 Å². The van der Waals surface area contributed by atoms with Crippen LogP contribution in [0.4, 0.5) is 11.4 Å². The van der Waals surface area contributed by atoms with Crippen molar-refractivity contribution in [2.24, 2.45) is 18.9 Å². The number of piperidine rings is 1. The van der Waals surface area contributed by atoms with Crippen LogP contribution in [0.25, 0.3) is 33.9 Å². The molecule has 2 unspecified atom stereocenters. The van der Waals surface area contributed by atoms with E-state index in [1.165, 1.54) is 13.8 Å². The van der Waals surface area contributed by atoms with Crippen LogP contribution >= 0.6 is 0 Å². The number of Topliss-reactive ketones (excluding diaryl/α,β-unsaturated/α-hetero) is 2. The number of rotatable bonds is 28. The van der Waals surface area contributed by atoms with Crippen molar-refractivity contribution in [3.63, 3.8) is 0 Å². The fourth-order valence-corrected chi connectivity index (χ4v) is 14.5. The number of ketones is 2. The zero-order valence-corrected chi connectivity index (χ0v) is 52.7. The average molecular weight is 1250 g/mol. The number of amides is 2. The first-order valence-electron chi connectivity index (χ1n) is 31.4. The maximum absolute atomic E-state index is 13.8. The van der Waals surface area contributed by atoms with Crippen LogP contribution in [-0.4, -0.2) is 195 Å². The number of fused-ring (bicyclic) bond motifs is 3. The summed E-state index contributed by atoms with van der Waals surface area (Å²) in [5.41, 5.74) is 7.43. The number of carbonyl (C=O) groups excluding carboxylic acids is 4. The molecule has 3 aliphatic heterocycles. The van der Waals surface area contributed by atoms with Crippen LogP contribution in [0.2, 0.25) is 0 Å². The number of imide groups is 1. The Bertz CT molecular complexity index is 3890. The lowest BCUT2D eigenvalue weighted by atomic mass is 9.82. The fourth-order valence-electron chi connectivity index (χ4n) is 13.4. The first-order chi connectivity index (χ1) is 43.6. The van der Waals surface area contributed by atoms with Crippen LogP contribution in [0.15, 0.2) is 84.9 Å². The molecule has 3 N–H and O–H groups in total. The Morgan fingerprint density at radius 2 is 1.48 bits per heavy atom. The molecule has 2 aliphatic carbocycles. The molecule has 22 nitrogen and oxygen atoms in total. The topological polar surface area (TPSA) is 240 Å². The molecule has 0 bridgehead atoms. The van der Waals surface area contributed by atoms with E-state index in [2.05, 4.69) is 55.7 Å². The third kappa shape index (κ3) is 13.9. The van der Waals surface area contributed by atoms with Crippen molar-refractivity contribution in [1.29, 1.82) is 0 Å². The van der Waals surface area contributed by atoms with Gasteiger partial charge in [-0.05, 0) is 80.1 Å². The fraction of sp³-hybridized carbons (Fsp3) is 0.463. The van der Waals surface area contributed by atoms with Crippen molar-refractivity contribution in [2.75, 3.05) is 129 Å². The Hall–Kier alpha value is -7.77. The first kappa shape index (κ1) is 63.8. The van der Waals surface area contributed by atoms with E-state index in [0.29, 0.717) is 103 Å². The summed E-state index contributed by atoms with van der Waals surface area (Å²) in [6.45, 7) is 12.1. The number of nitrogens with one attached hydrogen (secondary N) is 2. The SMILES string of the molecule is Cc1nn(C)c(COc2ccc(N3CCN(S(=O)(=O)N(C)C)CC3)cc2)c1-c1cccc2c(CCCOC3=c4ccccc4=CCC3)c(C(=O)O)n(CCN3CCN(CCCOCCOCCNc4cccc5c4C(=O)C(C4CCC(=O)NC4=O)C5=O)CC3)c12. The van der Waals surface area contributed by atoms with E-state index in [0.717, 1.165) is 108 Å². The minimum atomic E-state index is -3.48. The molecular formula is C67H82N10O12S. The maximum atomic E-state index is 13.8. The van der Waals surface area contributed by atoms with E-state index < -0.39 is 45.6 Å². The summed E-state index contributed by atoms with van der Waals surface area (Å²) in [5.74, 6) is -3.09. The summed E-state index contributed by atoms with van der Waals surface area (Å²) < 4.78 is 56.9. The normalized spacial score (nSPS) is 18.5. The van der Waals surface area contributed by atoms with E-state index >= 15 is 0 Å². The third-order valence-electron chi connectivity index (χ3n) is 18.1. The lowest BCUT2D eigenvalue weighted by molar-refractivity contribution is -0.137. The van der Waals surface area contributed by atoms with Crippen molar-refractivity contribution in [3.8, 4) is 16.9 Å². The largest absolute Gasteiger partial charge is 0.497 e. The molecular weight excluding hydrogens is 1170 g/mol. The van der Waals surface area contributed by atoms with Crippen LogP contribution < -0.4 is 30.7 Å². The van der Waals surface area contributed by atoms with Gasteiger partial charge in [0.2, 0.25) is 11.8 Å². The van der Waals surface area contributed by atoms with Gasteiger partial charge >= 0.3 is 5.97 Å². The molecule has 5 aliphatic rings. The number of benzene rings is 4. The summed E-state index contributed by atoms with van der Waals surface area (Å²) in [6, 6.07) is 27.3. The number of nitrogens with zero attached hydrogens (tertiary/aromatic N) is 8. The monoisotopic (exact) mass is 1250 g/mol. The number of piperazine rings is 2. The van der Waals surface area contributed by atoms with Gasteiger partial charge in [-0.15, -0.1) is 0 Å². The number of carbonyl (C=O) groups is 5. The molecule has 2 atom stereocenters. The molecule has 5 heterocycles. The lowest BCUT2D eigenvalue weighted by Gasteiger charge is -2.36. The van der Waals surface area contributed by atoms with Gasteiger partial charge in [0, 0.05) is 158 Å². The van der Waals surface area contributed by atoms with Crippen LogP contribution in [0.5, 0.6) is 5.75 Å². The van der Waals surface area contributed by atoms with Crippen LogP contribution in [0.1, 0.15) is 86.7 Å². The van der Waals surface area contributed by atoms with Crippen molar-refractivity contribution in [3.05, 3.63) is 129 Å². The summed E-state index contributed by atoms with van der Waals surface area (Å²) in [5, 5.41) is 24.8. The zero-order chi connectivity index (χ0) is 63.1. The number of ether oxygens (including phenoxy) is 4. The van der Waals surface area contributed by atoms with Crippen LogP contribution in [-0.2, 0) is 60.6 Å². The molecule has 3 saturated heterocycles. The van der Waals surface area contributed by atoms with E-state index in [4.69, 9.17) is 24.0 Å². The molecule has 0 radical (unpaired) electrons. The lowest BCUT2D eigenvalue weighted by Crippen LogP contribution is -2.51. The third-order valence-corrected chi connectivity index (χ3v) is 20.0. The highest BCUT2D eigenvalue weighted by atomic mass is 32.2. The summed E-state index contributed by atoms with van der Waals surface area (Å²) in [4.78, 5) is 71.8. The smallest absolute Gasteiger partial charge is 0.352 e. The Morgan fingerprint density at radius 3 is 2.22 bits per heavy atom. The van der Waals surface area contributed by atoms with Gasteiger partial charge in [-0.2, -0.15) is 22.1 Å². The molecule has 0 spiro atoms. The van der Waals surface area contributed by atoms with Gasteiger partial charge < -0.3 is 43.7 Å². The van der Waals surface area contributed by atoms with Gasteiger partial charge in [0.05, 0.1) is 60.7 Å². The van der Waals surface area contributed by atoms with E-state index in [1.54, 1.807) is 32.3 Å². The average Bonchev–Trinajstić information content (AvgIpc) is 1.64. The maximum Gasteiger partial charge on any atom is 0.352 e. The number of para-hydroxylation sites is 1. The first-order valence-corrected chi connectivity index (χ1v) is 32.8. The minimum absolute atomic E-state index is 0.0925. The summed E-state index contributed by atoms with van der Waals surface area (Å²) in [7, 11) is 1.53.